The first-order valence-corrected chi connectivity index (χ1v) is 8.62. The summed E-state index contributed by atoms with van der Waals surface area (Å²) >= 11 is 0. The van der Waals surface area contributed by atoms with Crippen molar-refractivity contribution < 1.29 is 4.79 Å². The number of aromatic amines is 1. The molecule has 0 spiro atoms. The molecule has 4 nitrogen and oxygen atoms in total. The number of hydrogen-bond donors (Lipinski definition) is 2. The monoisotopic (exact) mass is 341 g/mol. The zero-order valence-corrected chi connectivity index (χ0v) is 14.4. The van der Waals surface area contributed by atoms with Crippen LogP contribution >= 0.6 is 0 Å². The van der Waals surface area contributed by atoms with E-state index in [9.17, 15) is 4.79 Å². The number of rotatable bonds is 4. The fourth-order valence-electron chi connectivity index (χ4n) is 3.18. The van der Waals surface area contributed by atoms with Crippen LogP contribution in [0.25, 0.3) is 22.0 Å². The van der Waals surface area contributed by atoms with Crippen molar-refractivity contribution in [3.8, 4) is 11.3 Å². The smallest absolute Gasteiger partial charge is 0.269 e. The van der Waals surface area contributed by atoms with E-state index in [1.165, 1.54) is 5.39 Å². The van der Waals surface area contributed by atoms with Crippen LogP contribution in [0, 0.1) is 0 Å². The fourth-order valence-corrected chi connectivity index (χ4v) is 3.18. The normalized spacial score (nSPS) is 12.0. The standard InChI is InChI=1S/C22H19N3O/c1-15(18-13-7-11-16-8-5-6-12-19(16)18)23-22(26)21-14-20(24-25-21)17-9-3-2-4-10-17/h2-15H,1H3,(H,23,26)(H,24,25)/t15-/m1/s1. The maximum absolute atomic E-state index is 12.6. The van der Waals surface area contributed by atoms with Gasteiger partial charge in [0.05, 0.1) is 11.7 Å². The molecule has 0 aliphatic carbocycles. The molecular formula is C22H19N3O. The maximum Gasteiger partial charge on any atom is 0.269 e. The summed E-state index contributed by atoms with van der Waals surface area (Å²) < 4.78 is 0. The Morgan fingerprint density at radius 2 is 1.69 bits per heavy atom. The molecule has 2 N–H and O–H groups in total. The molecule has 1 amide bonds. The number of fused-ring (bicyclic) bond motifs is 1. The van der Waals surface area contributed by atoms with E-state index >= 15 is 0 Å². The molecule has 1 atom stereocenters. The van der Waals surface area contributed by atoms with Gasteiger partial charge in [0.2, 0.25) is 0 Å². The van der Waals surface area contributed by atoms with E-state index in [4.69, 9.17) is 0 Å². The number of carbonyl (C=O) groups excluding carboxylic acids is 1. The molecule has 0 aliphatic heterocycles. The van der Waals surface area contributed by atoms with Crippen molar-refractivity contribution in [1.82, 2.24) is 15.5 Å². The largest absolute Gasteiger partial charge is 0.344 e. The van der Waals surface area contributed by atoms with Crippen molar-refractivity contribution in [2.45, 2.75) is 13.0 Å². The van der Waals surface area contributed by atoms with Crippen LogP contribution in [-0.2, 0) is 0 Å². The molecule has 4 aromatic rings. The number of aromatic nitrogens is 2. The second-order valence-electron chi connectivity index (χ2n) is 6.30. The van der Waals surface area contributed by atoms with Gasteiger partial charge >= 0.3 is 0 Å². The van der Waals surface area contributed by atoms with Crippen LogP contribution in [-0.4, -0.2) is 16.1 Å². The van der Waals surface area contributed by atoms with E-state index in [0.717, 1.165) is 22.2 Å². The van der Waals surface area contributed by atoms with Gasteiger partial charge in [-0.05, 0) is 29.3 Å². The summed E-state index contributed by atoms with van der Waals surface area (Å²) in [5.41, 5.74) is 3.29. The second-order valence-corrected chi connectivity index (χ2v) is 6.30. The number of hydrogen-bond acceptors (Lipinski definition) is 2. The van der Waals surface area contributed by atoms with Crippen LogP contribution in [0.3, 0.4) is 0 Å². The van der Waals surface area contributed by atoms with Gasteiger partial charge in [0, 0.05) is 5.56 Å². The fraction of sp³-hybridized carbons (Fsp3) is 0.0909. The molecule has 0 radical (unpaired) electrons. The Kier molecular flexibility index (Phi) is 4.23. The van der Waals surface area contributed by atoms with Crippen molar-refractivity contribution >= 4 is 16.7 Å². The summed E-state index contributed by atoms with van der Waals surface area (Å²) in [6.07, 6.45) is 0. The lowest BCUT2D eigenvalue weighted by molar-refractivity contribution is 0.0935. The number of H-pyrrole nitrogens is 1. The number of nitrogens with one attached hydrogen (secondary N) is 2. The van der Waals surface area contributed by atoms with Crippen molar-refractivity contribution in [2.75, 3.05) is 0 Å². The summed E-state index contributed by atoms with van der Waals surface area (Å²) in [5.74, 6) is -0.167. The third-order valence-corrected chi connectivity index (χ3v) is 4.53. The zero-order chi connectivity index (χ0) is 17.9. The molecule has 1 aromatic heterocycles. The molecule has 0 aliphatic rings. The second kappa shape index (κ2) is 6.84. The number of nitrogens with zero attached hydrogens (tertiary/aromatic N) is 1. The van der Waals surface area contributed by atoms with Gasteiger partial charge in [-0.1, -0.05) is 72.8 Å². The van der Waals surface area contributed by atoms with Crippen LogP contribution in [0.15, 0.2) is 78.9 Å². The summed E-state index contributed by atoms with van der Waals surface area (Å²) in [6.45, 7) is 1.99. The Morgan fingerprint density at radius 3 is 2.54 bits per heavy atom. The molecule has 128 valence electrons. The Balaban J connectivity index is 1.55. The zero-order valence-electron chi connectivity index (χ0n) is 14.4. The van der Waals surface area contributed by atoms with Crippen LogP contribution in [0.4, 0.5) is 0 Å². The predicted molar refractivity (Wildman–Crippen MR) is 104 cm³/mol. The SMILES string of the molecule is C[C@@H](NC(=O)c1cc(-c2ccccc2)n[nH]1)c1cccc2ccccc12. The molecule has 4 heteroatoms. The van der Waals surface area contributed by atoms with Crippen LogP contribution < -0.4 is 5.32 Å². The Hall–Kier alpha value is -3.40. The average Bonchev–Trinajstić information content (AvgIpc) is 3.18. The summed E-state index contributed by atoms with van der Waals surface area (Å²) in [4.78, 5) is 12.6. The number of carbonyl (C=O) groups is 1. The van der Waals surface area contributed by atoms with E-state index in [0.29, 0.717) is 5.69 Å². The highest BCUT2D eigenvalue weighted by Gasteiger charge is 2.16. The van der Waals surface area contributed by atoms with Crippen LogP contribution in [0.5, 0.6) is 0 Å². The predicted octanol–water partition coefficient (Wildman–Crippen LogP) is 4.72. The van der Waals surface area contributed by atoms with Crippen molar-refractivity contribution in [3.05, 3.63) is 90.1 Å². The highest BCUT2D eigenvalue weighted by Crippen LogP contribution is 2.24. The van der Waals surface area contributed by atoms with Gasteiger partial charge in [-0.2, -0.15) is 5.10 Å². The topological polar surface area (TPSA) is 57.8 Å². The van der Waals surface area contributed by atoms with Crippen molar-refractivity contribution in [1.29, 1.82) is 0 Å². The minimum absolute atomic E-state index is 0.114. The molecule has 1 heterocycles. The number of benzene rings is 3. The van der Waals surface area contributed by atoms with E-state index in [1.54, 1.807) is 6.07 Å². The van der Waals surface area contributed by atoms with Gasteiger partial charge in [0.1, 0.15) is 5.69 Å². The van der Waals surface area contributed by atoms with Crippen LogP contribution in [0.2, 0.25) is 0 Å². The molecule has 3 aromatic carbocycles. The third kappa shape index (κ3) is 3.09. The van der Waals surface area contributed by atoms with Crippen LogP contribution in [0.1, 0.15) is 29.0 Å². The van der Waals surface area contributed by atoms with E-state index < -0.39 is 0 Å². The van der Waals surface area contributed by atoms with Gasteiger partial charge in [0.25, 0.3) is 5.91 Å². The first-order chi connectivity index (χ1) is 12.7. The average molecular weight is 341 g/mol. The molecule has 0 unspecified atom stereocenters. The summed E-state index contributed by atoms with van der Waals surface area (Å²) in [5, 5.41) is 12.5. The van der Waals surface area contributed by atoms with E-state index in [1.807, 2.05) is 55.5 Å². The Morgan fingerprint density at radius 1 is 0.962 bits per heavy atom. The van der Waals surface area contributed by atoms with Crippen molar-refractivity contribution in [3.63, 3.8) is 0 Å². The summed E-state index contributed by atoms with van der Waals surface area (Å²) in [7, 11) is 0. The highest BCUT2D eigenvalue weighted by atomic mass is 16.2. The third-order valence-electron chi connectivity index (χ3n) is 4.53. The molecule has 26 heavy (non-hydrogen) atoms. The molecule has 0 fully saturated rings. The molecule has 0 saturated carbocycles. The summed E-state index contributed by atoms with van der Waals surface area (Å²) in [6, 6.07) is 25.8. The molecule has 0 saturated heterocycles. The van der Waals surface area contributed by atoms with Crippen molar-refractivity contribution in [2.24, 2.45) is 0 Å². The molecule has 4 rings (SSSR count). The number of amides is 1. The minimum atomic E-state index is -0.167. The Labute approximate surface area is 151 Å². The molecule has 0 bridgehead atoms. The first kappa shape index (κ1) is 16.1. The molecular weight excluding hydrogens is 322 g/mol. The van der Waals surface area contributed by atoms with Gasteiger partial charge in [-0.15, -0.1) is 0 Å². The Bertz CT molecular complexity index is 1050. The van der Waals surface area contributed by atoms with E-state index in [-0.39, 0.29) is 11.9 Å². The van der Waals surface area contributed by atoms with Gasteiger partial charge in [-0.3, -0.25) is 9.89 Å². The van der Waals surface area contributed by atoms with Gasteiger partial charge < -0.3 is 5.32 Å². The maximum atomic E-state index is 12.6. The van der Waals surface area contributed by atoms with Gasteiger partial charge in [0.15, 0.2) is 0 Å². The quantitative estimate of drug-likeness (QED) is 0.564. The lowest BCUT2D eigenvalue weighted by Crippen LogP contribution is -2.27. The first-order valence-electron chi connectivity index (χ1n) is 8.62. The highest BCUT2D eigenvalue weighted by molar-refractivity contribution is 5.94. The lowest BCUT2D eigenvalue weighted by atomic mass is 9.99. The van der Waals surface area contributed by atoms with Gasteiger partial charge in [-0.25, -0.2) is 0 Å². The minimum Gasteiger partial charge on any atom is -0.344 e. The van der Waals surface area contributed by atoms with E-state index in [2.05, 4.69) is 39.8 Å². The lowest BCUT2D eigenvalue weighted by Gasteiger charge is -2.16.